The standard InChI is InChI=1S/C24H23FN4O4S/c1-15(34(31,32)33)11-16-5-3-7-18(12-16)24(22(30)29(2)23(26)28-24)19-8-9-21(25)20(13-19)17-6-4-10-27-14-17/h3-10,12-15H,11H2,1-2H3,(H2,26,28)(H,31,32,33). The van der Waals surface area contributed by atoms with Crippen molar-refractivity contribution in [3.05, 3.63) is 89.5 Å². The lowest BCUT2D eigenvalue weighted by Gasteiger charge is -2.27. The first kappa shape index (κ1) is 23.5. The minimum absolute atomic E-state index is 0.00559. The highest BCUT2D eigenvalue weighted by Gasteiger charge is 2.49. The van der Waals surface area contributed by atoms with Crippen molar-refractivity contribution in [3.8, 4) is 11.1 Å². The summed E-state index contributed by atoms with van der Waals surface area (Å²) in [5.41, 5.74) is 6.62. The third-order valence-electron chi connectivity index (χ3n) is 5.97. The summed E-state index contributed by atoms with van der Waals surface area (Å²) in [6.07, 6.45) is 3.12. The second-order valence-corrected chi connectivity index (χ2v) is 10.0. The van der Waals surface area contributed by atoms with Crippen LogP contribution in [0.15, 0.2) is 72.0 Å². The van der Waals surface area contributed by atoms with E-state index >= 15 is 0 Å². The van der Waals surface area contributed by atoms with Crippen molar-refractivity contribution in [2.45, 2.75) is 24.1 Å². The van der Waals surface area contributed by atoms with Crippen molar-refractivity contribution >= 4 is 22.0 Å². The van der Waals surface area contributed by atoms with E-state index in [0.29, 0.717) is 22.3 Å². The van der Waals surface area contributed by atoms with Gasteiger partial charge in [0.25, 0.3) is 16.0 Å². The number of nitrogens with two attached hydrogens (primary N) is 1. The van der Waals surface area contributed by atoms with Crippen LogP contribution in [-0.4, -0.2) is 47.0 Å². The average Bonchev–Trinajstić information content (AvgIpc) is 3.04. The van der Waals surface area contributed by atoms with Crippen molar-refractivity contribution in [2.24, 2.45) is 10.7 Å². The molecule has 10 heteroatoms. The van der Waals surface area contributed by atoms with Gasteiger partial charge in [-0.15, -0.1) is 0 Å². The highest BCUT2D eigenvalue weighted by molar-refractivity contribution is 7.86. The smallest absolute Gasteiger partial charge is 0.267 e. The fourth-order valence-electron chi connectivity index (χ4n) is 4.04. The lowest BCUT2D eigenvalue weighted by Crippen LogP contribution is -2.41. The zero-order valence-electron chi connectivity index (χ0n) is 18.5. The number of rotatable bonds is 6. The molecule has 8 nitrogen and oxygen atoms in total. The zero-order valence-corrected chi connectivity index (χ0v) is 19.3. The van der Waals surface area contributed by atoms with E-state index in [1.807, 2.05) is 0 Å². The minimum Gasteiger partial charge on any atom is -0.369 e. The maximum atomic E-state index is 14.8. The molecule has 176 valence electrons. The first-order chi connectivity index (χ1) is 16.0. The number of pyridine rings is 1. The van der Waals surface area contributed by atoms with Gasteiger partial charge in [0.05, 0.1) is 5.25 Å². The lowest BCUT2D eigenvalue weighted by atomic mass is 9.81. The number of carbonyl (C=O) groups excluding carboxylic acids is 1. The van der Waals surface area contributed by atoms with Gasteiger partial charge in [-0.05, 0) is 48.2 Å². The van der Waals surface area contributed by atoms with Gasteiger partial charge in [0.2, 0.25) is 0 Å². The second kappa shape index (κ2) is 8.62. The van der Waals surface area contributed by atoms with E-state index in [4.69, 9.17) is 5.73 Å². The molecule has 0 fully saturated rings. The molecule has 1 aliphatic heterocycles. The van der Waals surface area contributed by atoms with Gasteiger partial charge in [-0.25, -0.2) is 9.38 Å². The van der Waals surface area contributed by atoms with Crippen molar-refractivity contribution in [1.29, 1.82) is 0 Å². The van der Waals surface area contributed by atoms with Gasteiger partial charge in [0.15, 0.2) is 11.5 Å². The van der Waals surface area contributed by atoms with Crippen LogP contribution >= 0.6 is 0 Å². The molecule has 0 aliphatic carbocycles. The van der Waals surface area contributed by atoms with Crippen LogP contribution in [0.2, 0.25) is 0 Å². The topological polar surface area (TPSA) is 126 Å². The normalized spacial score (nSPS) is 19.2. The summed E-state index contributed by atoms with van der Waals surface area (Å²) in [6.45, 7) is 1.39. The van der Waals surface area contributed by atoms with Gasteiger partial charge < -0.3 is 5.73 Å². The van der Waals surface area contributed by atoms with E-state index in [1.165, 1.54) is 37.2 Å². The summed E-state index contributed by atoms with van der Waals surface area (Å²) in [4.78, 5) is 23.3. The molecule has 0 bridgehead atoms. The summed E-state index contributed by atoms with van der Waals surface area (Å²) in [7, 11) is -2.74. The summed E-state index contributed by atoms with van der Waals surface area (Å²) < 4.78 is 47.2. The van der Waals surface area contributed by atoms with Crippen molar-refractivity contribution < 1.29 is 22.2 Å². The number of halogens is 1. The molecule has 1 aromatic heterocycles. The SMILES string of the molecule is CC(Cc1cccc(C2(c3ccc(F)c(-c4cccnc4)c3)N=C(N)N(C)C2=O)c1)S(=O)(=O)O. The largest absolute Gasteiger partial charge is 0.369 e. The monoisotopic (exact) mass is 482 g/mol. The number of carbonyl (C=O) groups is 1. The fraction of sp³-hybridized carbons (Fsp3) is 0.208. The fourth-order valence-corrected chi connectivity index (χ4v) is 4.44. The highest BCUT2D eigenvalue weighted by Crippen LogP contribution is 2.41. The van der Waals surface area contributed by atoms with E-state index in [1.54, 1.807) is 48.7 Å². The molecule has 0 spiro atoms. The number of aromatic nitrogens is 1. The van der Waals surface area contributed by atoms with E-state index in [2.05, 4.69) is 9.98 Å². The Balaban J connectivity index is 1.90. The third kappa shape index (κ3) is 4.06. The predicted octanol–water partition coefficient (Wildman–Crippen LogP) is 2.74. The highest BCUT2D eigenvalue weighted by atomic mass is 32.2. The first-order valence-electron chi connectivity index (χ1n) is 10.4. The van der Waals surface area contributed by atoms with Crippen molar-refractivity contribution in [1.82, 2.24) is 9.88 Å². The average molecular weight is 483 g/mol. The minimum atomic E-state index is -4.24. The second-order valence-electron chi connectivity index (χ2n) is 8.21. The molecule has 1 aliphatic rings. The molecule has 2 heterocycles. The summed E-state index contributed by atoms with van der Waals surface area (Å²) in [6, 6.07) is 14.4. The van der Waals surface area contributed by atoms with Crippen molar-refractivity contribution in [3.63, 3.8) is 0 Å². The Labute approximate surface area is 196 Å². The van der Waals surface area contributed by atoms with Gasteiger partial charge in [-0.2, -0.15) is 8.42 Å². The van der Waals surface area contributed by atoms with Gasteiger partial charge in [-0.1, -0.05) is 36.4 Å². The van der Waals surface area contributed by atoms with Crippen molar-refractivity contribution in [2.75, 3.05) is 7.05 Å². The Morgan fingerprint density at radius 1 is 1.15 bits per heavy atom. The summed E-state index contributed by atoms with van der Waals surface area (Å²) >= 11 is 0. The number of benzene rings is 2. The molecule has 2 atom stereocenters. The Bertz CT molecular complexity index is 1400. The van der Waals surface area contributed by atoms with Crippen LogP contribution in [-0.2, 0) is 26.9 Å². The summed E-state index contributed by atoms with van der Waals surface area (Å²) in [5, 5.41) is -1.04. The Morgan fingerprint density at radius 3 is 2.50 bits per heavy atom. The van der Waals surface area contributed by atoms with Gasteiger partial charge in [-0.3, -0.25) is 19.2 Å². The van der Waals surface area contributed by atoms with Crippen LogP contribution in [0, 0.1) is 5.82 Å². The Morgan fingerprint density at radius 2 is 1.88 bits per heavy atom. The van der Waals surface area contributed by atoms with Gasteiger partial charge in [0.1, 0.15) is 5.82 Å². The number of guanidine groups is 1. The molecular weight excluding hydrogens is 459 g/mol. The van der Waals surface area contributed by atoms with Gasteiger partial charge in [0, 0.05) is 30.6 Å². The van der Waals surface area contributed by atoms with Crippen LogP contribution < -0.4 is 5.73 Å². The van der Waals surface area contributed by atoms with E-state index < -0.39 is 32.6 Å². The maximum absolute atomic E-state index is 14.8. The maximum Gasteiger partial charge on any atom is 0.267 e. The van der Waals surface area contributed by atoms with Crippen LogP contribution in [0.25, 0.3) is 11.1 Å². The molecule has 2 aromatic carbocycles. The number of nitrogens with zero attached hydrogens (tertiary/aromatic N) is 3. The molecular formula is C24H23FN4O4S. The molecule has 0 saturated heterocycles. The zero-order chi connectivity index (χ0) is 24.7. The molecule has 3 aromatic rings. The quantitative estimate of drug-likeness (QED) is 0.521. The Hall–Kier alpha value is -3.63. The molecule has 0 radical (unpaired) electrons. The molecule has 1 amide bonds. The van der Waals surface area contributed by atoms with Crippen LogP contribution in [0.3, 0.4) is 0 Å². The van der Waals surface area contributed by atoms with Crippen LogP contribution in [0.4, 0.5) is 4.39 Å². The van der Waals surface area contributed by atoms with Crippen LogP contribution in [0.5, 0.6) is 0 Å². The molecule has 3 N–H and O–H groups in total. The number of aliphatic imine (C=N–C) groups is 1. The van der Waals surface area contributed by atoms with E-state index in [9.17, 15) is 22.2 Å². The molecule has 4 rings (SSSR count). The lowest BCUT2D eigenvalue weighted by molar-refractivity contribution is -0.129. The third-order valence-corrected chi connectivity index (χ3v) is 7.16. The number of hydrogen-bond donors (Lipinski definition) is 2. The first-order valence-corrected chi connectivity index (χ1v) is 11.9. The number of likely N-dealkylation sites (N-methyl/N-ethyl adjacent to an activating group) is 1. The Kier molecular flexibility index (Phi) is 5.96. The number of amides is 1. The molecule has 34 heavy (non-hydrogen) atoms. The van der Waals surface area contributed by atoms with E-state index in [0.717, 1.165) is 0 Å². The van der Waals surface area contributed by atoms with E-state index in [-0.39, 0.29) is 17.9 Å². The molecule has 0 saturated carbocycles. The van der Waals surface area contributed by atoms with Gasteiger partial charge >= 0.3 is 0 Å². The predicted molar refractivity (Wildman–Crippen MR) is 126 cm³/mol. The molecule has 2 unspecified atom stereocenters. The number of hydrogen-bond acceptors (Lipinski definition) is 6. The van der Waals surface area contributed by atoms with Crippen LogP contribution in [0.1, 0.15) is 23.6 Å². The summed E-state index contributed by atoms with van der Waals surface area (Å²) in [5.74, 6) is -0.930.